The van der Waals surface area contributed by atoms with E-state index in [0.29, 0.717) is 32.4 Å². The third-order valence-electron chi connectivity index (χ3n) is 4.73. The van der Waals surface area contributed by atoms with Crippen molar-refractivity contribution >= 4 is 21.6 Å². The maximum Gasteiger partial charge on any atom is 0.228 e. The van der Waals surface area contributed by atoms with Crippen molar-refractivity contribution in [2.45, 2.75) is 32.7 Å². The molecule has 0 aliphatic carbocycles. The number of benzene rings is 1. The predicted octanol–water partition coefficient (Wildman–Crippen LogP) is 2.32. The molecular weight excluding hydrogens is 364 g/mol. The molecule has 2 aromatic rings. The monoisotopic (exact) mass is 390 g/mol. The number of aromatic nitrogens is 2. The summed E-state index contributed by atoms with van der Waals surface area (Å²) in [5, 5.41) is 2.95. The Balaban J connectivity index is 1.63. The molecule has 1 aromatic carbocycles. The molecule has 146 valence electrons. The van der Waals surface area contributed by atoms with Gasteiger partial charge in [-0.25, -0.2) is 17.7 Å². The fourth-order valence-electron chi connectivity index (χ4n) is 3.38. The number of hydrogen-bond donors (Lipinski definition) is 1. The van der Waals surface area contributed by atoms with Crippen molar-refractivity contribution in [3.63, 3.8) is 0 Å². The minimum atomic E-state index is -3.26. The number of sulfonamides is 1. The van der Waals surface area contributed by atoms with Gasteiger partial charge in [0, 0.05) is 37.7 Å². The quantitative estimate of drug-likeness (QED) is 0.786. The Hall–Kier alpha value is -2.19. The summed E-state index contributed by atoms with van der Waals surface area (Å²) in [6, 6.07) is 7.69. The number of anilines is 1. The van der Waals surface area contributed by atoms with Crippen LogP contribution in [0.3, 0.4) is 0 Å². The Morgan fingerprint density at radius 3 is 2.96 bits per heavy atom. The molecule has 0 spiro atoms. The van der Waals surface area contributed by atoms with Gasteiger partial charge in [0.2, 0.25) is 15.9 Å². The maximum absolute atomic E-state index is 12.7. The first-order valence-electron chi connectivity index (χ1n) is 9.31. The number of rotatable bonds is 7. The zero-order chi connectivity index (χ0) is 19.3. The van der Waals surface area contributed by atoms with Crippen LogP contribution in [0.5, 0.6) is 0 Å². The minimum absolute atomic E-state index is 0.119. The van der Waals surface area contributed by atoms with Gasteiger partial charge >= 0.3 is 0 Å². The zero-order valence-corrected chi connectivity index (χ0v) is 16.4. The highest BCUT2D eigenvalue weighted by atomic mass is 32.2. The van der Waals surface area contributed by atoms with Crippen molar-refractivity contribution in [2.24, 2.45) is 5.92 Å². The first-order valence-corrected chi connectivity index (χ1v) is 10.9. The fourth-order valence-corrected chi connectivity index (χ4v) is 4.97. The van der Waals surface area contributed by atoms with Crippen molar-refractivity contribution in [3.8, 4) is 0 Å². The van der Waals surface area contributed by atoms with E-state index in [-0.39, 0.29) is 24.1 Å². The molecule has 1 aliphatic rings. The topological polar surface area (TPSA) is 84.3 Å². The van der Waals surface area contributed by atoms with Gasteiger partial charge < -0.3 is 9.88 Å². The first-order chi connectivity index (χ1) is 13.0. The average Bonchev–Trinajstić information content (AvgIpc) is 3.15. The highest BCUT2D eigenvalue weighted by Gasteiger charge is 2.31. The molecule has 1 aliphatic heterocycles. The van der Waals surface area contributed by atoms with Gasteiger partial charge in [-0.05, 0) is 37.0 Å². The second kappa shape index (κ2) is 8.67. The molecule has 0 saturated carbocycles. The van der Waals surface area contributed by atoms with E-state index in [1.54, 1.807) is 12.5 Å². The number of amides is 1. The van der Waals surface area contributed by atoms with Crippen LogP contribution in [0.4, 0.5) is 5.69 Å². The molecule has 27 heavy (non-hydrogen) atoms. The molecule has 0 radical (unpaired) electrons. The van der Waals surface area contributed by atoms with Gasteiger partial charge in [-0.1, -0.05) is 19.1 Å². The SMILES string of the molecule is CCCS(=O)(=O)N1CCC[C@H](C(=O)Nc2cccc(Cn3ccnc3)c2)C1. The minimum Gasteiger partial charge on any atom is -0.333 e. The van der Waals surface area contributed by atoms with Crippen molar-refractivity contribution < 1.29 is 13.2 Å². The standard InChI is InChI=1S/C19H26N4O3S/c1-2-11-27(25,26)23-9-4-6-17(14-23)19(24)21-18-7-3-5-16(12-18)13-22-10-8-20-15-22/h3,5,7-8,10,12,15,17H,2,4,6,9,11,13-14H2,1H3,(H,21,24)/t17-/m0/s1. The zero-order valence-electron chi connectivity index (χ0n) is 15.5. The van der Waals surface area contributed by atoms with Gasteiger partial charge in [0.05, 0.1) is 18.0 Å². The van der Waals surface area contributed by atoms with Gasteiger partial charge in [-0.2, -0.15) is 0 Å². The van der Waals surface area contributed by atoms with Crippen LogP contribution < -0.4 is 5.32 Å². The number of piperidine rings is 1. The summed E-state index contributed by atoms with van der Waals surface area (Å²) in [6.07, 6.45) is 7.37. The molecule has 1 N–H and O–H groups in total. The molecule has 1 amide bonds. The summed E-state index contributed by atoms with van der Waals surface area (Å²) >= 11 is 0. The Bertz CT molecular complexity index is 865. The molecule has 0 bridgehead atoms. The first kappa shape index (κ1) is 19.6. The van der Waals surface area contributed by atoms with Crippen LogP contribution in [0, 0.1) is 5.92 Å². The Kier molecular flexibility index (Phi) is 6.28. The van der Waals surface area contributed by atoms with Crippen LogP contribution in [0.2, 0.25) is 0 Å². The second-order valence-corrected chi connectivity index (χ2v) is 9.03. The third kappa shape index (κ3) is 5.17. The van der Waals surface area contributed by atoms with Crippen molar-refractivity contribution in [2.75, 3.05) is 24.2 Å². The fraction of sp³-hybridized carbons (Fsp3) is 0.474. The van der Waals surface area contributed by atoms with Crippen LogP contribution in [0.1, 0.15) is 31.7 Å². The number of carbonyl (C=O) groups excluding carboxylic acids is 1. The summed E-state index contributed by atoms with van der Waals surface area (Å²) in [7, 11) is -3.26. The lowest BCUT2D eigenvalue weighted by atomic mass is 9.98. The van der Waals surface area contributed by atoms with E-state index < -0.39 is 10.0 Å². The summed E-state index contributed by atoms with van der Waals surface area (Å²) in [5.74, 6) is -0.300. The molecule has 0 unspecified atom stereocenters. The van der Waals surface area contributed by atoms with Crippen LogP contribution in [0.15, 0.2) is 43.0 Å². The van der Waals surface area contributed by atoms with Gasteiger partial charge in [0.1, 0.15) is 0 Å². The van der Waals surface area contributed by atoms with E-state index in [1.807, 2.05) is 42.0 Å². The van der Waals surface area contributed by atoms with Crippen LogP contribution in [-0.4, -0.2) is 47.0 Å². The number of carbonyl (C=O) groups is 1. The Morgan fingerprint density at radius 2 is 2.22 bits per heavy atom. The molecule has 3 rings (SSSR count). The van der Waals surface area contributed by atoms with Crippen molar-refractivity contribution in [1.29, 1.82) is 0 Å². The lowest BCUT2D eigenvalue weighted by molar-refractivity contribution is -0.120. The highest BCUT2D eigenvalue weighted by Crippen LogP contribution is 2.22. The number of hydrogen-bond acceptors (Lipinski definition) is 4. The molecule has 8 heteroatoms. The van der Waals surface area contributed by atoms with Crippen LogP contribution in [0.25, 0.3) is 0 Å². The molecule has 7 nitrogen and oxygen atoms in total. The molecule has 2 heterocycles. The predicted molar refractivity (Wildman–Crippen MR) is 105 cm³/mol. The molecule has 1 atom stereocenters. The van der Waals surface area contributed by atoms with Crippen molar-refractivity contribution in [1.82, 2.24) is 13.9 Å². The van der Waals surface area contributed by atoms with E-state index >= 15 is 0 Å². The van der Waals surface area contributed by atoms with E-state index in [9.17, 15) is 13.2 Å². The molecule has 1 aromatic heterocycles. The second-order valence-electron chi connectivity index (χ2n) is 6.94. The number of nitrogens with zero attached hydrogens (tertiary/aromatic N) is 3. The Morgan fingerprint density at radius 1 is 1.37 bits per heavy atom. The van der Waals surface area contributed by atoms with E-state index in [4.69, 9.17) is 0 Å². The highest BCUT2D eigenvalue weighted by molar-refractivity contribution is 7.89. The van der Waals surface area contributed by atoms with E-state index in [2.05, 4.69) is 10.3 Å². The van der Waals surface area contributed by atoms with E-state index in [0.717, 1.165) is 11.3 Å². The lowest BCUT2D eigenvalue weighted by Crippen LogP contribution is -2.44. The van der Waals surface area contributed by atoms with Crippen molar-refractivity contribution in [3.05, 3.63) is 48.5 Å². The Labute approximate surface area is 160 Å². The average molecular weight is 391 g/mol. The summed E-state index contributed by atoms with van der Waals surface area (Å²) < 4.78 is 28.0. The molecule has 1 fully saturated rings. The normalized spacial score (nSPS) is 18.3. The number of nitrogens with one attached hydrogen (secondary N) is 1. The van der Waals surface area contributed by atoms with Gasteiger partial charge in [-0.3, -0.25) is 4.79 Å². The maximum atomic E-state index is 12.7. The van der Waals surface area contributed by atoms with Crippen LogP contribution in [-0.2, 0) is 21.4 Å². The lowest BCUT2D eigenvalue weighted by Gasteiger charge is -2.31. The largest absolute Gasteiger partial charge is 0.333 e. The van der Waals surface area contributed by atoms with Crippen LogP contribution >= 0.6 is 0 Å². The van der Waals surface area contributed by atoms with E-state index in [1.165, 1.54) is 4.31 Å². The summed E-state index contributed by atoms with van der Waals surface area (Å²) in [6.45, 7) is 3.30. The smallest absolute Gasteiger partial charge is 0.228 e. The summed E-state index contributed by atoms with van der Waals surface area (Å²) in [5.41, 5.74) is 1.78. The molecular formula is C19H26N4O3S. The number of imidazole rings is 1. The molecule has 1 saturated heterocycles. The van der Waals surface area contributed by atoms with Gasteiger partial charge in [0.15, 0.2) is 0 Å². The van der Waals surface area contributed by atoms with Gasteiger partial charge in [0.25, 0.3) is 0 Å². The third-order valence-corrected chi connectivity index (χ3v) is 6.77. The summed E-state index contributed by atoms with van der Waals surface area (Å²) in [4.78, 5) is 16.7. The van der Waals surface area contributed by atoms with Gasteiger partial charge in [-0.15, -0.1) is 0 Å².